The van der Waals surface area contributed by atoms with E-state index >= 15 is 0 Å². The highest BCUT2D eigenvalue weighted by Crippen LogP contribution is 2.39. The molecule has 2 heterocycles. The van der Waals surface area contributed by atoms with E-state index in [1.54, 1.807) is 24.4 Å². The molecule has 0 fully saturated rings. The molecule has 1 aliphatic rings. The molecule has 1 atom stereocenters. The number of rotatable bonds is 6. The van der Waals surface area contributed by atoms with E-state index in [4.69, 9.17) is 9.47 Å². The number of nitrogens with zero attached hydrogens (tertiary/aromatic N) is 2. The van der Waals surface area contributed by atoms with Crippen LogP contribution in [0.25, 0.3) is 0 Å². The average molecular weight is 439 g/mol. The van der Waals surface area contributed by atoms with Crippen molar-refractivity contribution in [3.63, 3.8) is 0 Å². The maximum Gasteiger partial charge on any atom is 0.337 e. The normalized spacial score (nSPS) is 13.7. The minimum absolute atomic E-state index is 0.129. The van der Waals surface area contributed by atoms with Gasteiger partial charge < -0.3 is 19.7 Å². The third-order valence-electron chi connectivity index (χ3n) is 5.30. The van der Waals surface area contributed by atoms with Gasteiger partial charge in [-0.2, -0.15) is 0 Å². The minimum Gasteiger partial charge on any atom is -0.489 e. The molecule has 1 aromatic heterocycles. The molecule has 0 aliphatic carbocycles. The van der Waals surface area contributed by atoms with Crippen LogP contribution in [0.3, 0.4) is 0 Å². The fourth-order valence-corrected chi connectivity index (χ4v) is 3.74. The highest BCUT2D eigenvalue weighted by Gasteiger charge is 2.24. The SMILES string of the molecule is COC(=O)c1ccc(C(C)Nc2nccc3c2N(Cc2cc(F)cc(F)c2)CCO3)cc1. The summed E-state index contributed by atoms with van der Waals surface area (Å²) in [4.78, 5) is 18.1. The Morgan fingerprint density at radius 2 is 1.91 bits per heavy atom. The number of ether oxygens (including phenoxy) is 2. The van der Waals surface area contributed by atoms with Gasteiger partial charge in [0.05, 0.1) is 25.3 Å². The second kappa shape index (κ2) is 9.21. The van der Waals surface area contributed by atoms with Gasteiger partial charge in [0.25, 0.3) is 0 Å². The van der Waals surface area contributed by atoms with Gasteiger partial charge in [-0.25, -0.2) is 18.6 Å². The molecule has 2 aromatic carbocycles. The predicted octanol–water partition coefficient (Wildman–Crippen LogP) is 4.72. The summed E-state index contributed by atoms with van der Waals surface area (Å²) in [7, 11) is 1.34. The summed E-state index contributed by atoms with van der Waals surface area (Å²) in [5.41, 5.74) is 2.69. The molecule has 166 valence electrons. The monoisotopic (exact) mass is 439 g/mol. The first-order valence-corrected chi connectivity index (χ1v) is 10.2. The lowest BCUT2D eigenvalue weighted by atomic mass is 10.1. The van der Waals surface area contributed by atoms with Crippen molar-refractivity contribution < 1.29 is 23.0 Å². The van der Waals surface area contributed by atoms with Crippen LogP contribution in [0.2, 0.25) is 0 Å². The Labute approximate surface area is 184 Å². The van der Waals surface area contributed by atoms with E-state index in [2.05, 4.69) is 10.3 Å². The van der Waals surface area contributed by atoms with Gasteiger partial charge in [0, 0.05) is 24.9 Å². The quantitative estimate of drug-likeness (QED) is 0.561. The maximum atomic E-state index is 13.7. The first kappa shape index (κ1) is 21.5. The van der Waals surface area contributed by atoms with Gasteiger partial charge in [-0.1, -0.05) is 12.1 Å². The molecule has 0 amide bonds. The third-order valence-corrected chi connectivity index (χ3v) is 5.30. The molecule has 32 heavy (non-hydrogen) atoms. The van der Waals surface area contributed by atoms with Crippen LogP contribution in [-0.2, 0) is 11.3 Å². The van der Waals surface area contributed by atoms with E-state index in [9.17, 15) is 13.6 Å². The number of pyridine rings is 1. The number of fused-ring (bicyclic) bond motifs is 1. The molecule has 1 N–H and O–H groups in total. The van der Waals surface area contributed by atoms with E-state index in [1.165, 1.54) is 19.2 Å². The van der Waals surface area contributed by atoms with Gasteiger partial charge >= 0.3 is 5.97 Å². The summed E-state index contributed by atoms with van der Waals surface area (Å²) in [5.74, 6) is -0.357. The number of nitrogens with one attached hydrogen (secondary N) is 1. The number of aromatic nitrogens is 1. The molecule has 0 saturated carbocycles. The number of carbonyl (C=O) groups excluding carboxylic acids is 1. The predicted molar refractivity (Wildman–Crippen MR) is 117 cm³/mol. The zero-order valence-corrected chi connectivity index (χ0v) is 17.8. The largest absolute Gasteiger partial charge is 0.489 e. The molecule has 1 aliphatic heterocycles. The van der Waals surface area contributed by atoms with Crippen LogP contribution in [0.15, 0.2) is 54.7 Å². The van der Waals surface area contributed by atoms with Crippen molar-refractivity contribution in [2.45, 2.75) is 19.5 Å². The van der Waals surface area contributed by atoms with Crippen LogP contribution in [-0.4, -0.2) is 31.2 Å². The molecule has 0 bridgehead atoms. The summed E-state index contributed by atoms with van der Waals surface area (Å²) in [6.45, 7) is 3.30. The van der Waals surface area contributed by atoms with Crippen molar-refractivity contribution >= 4 is 17.5 Å². The van der Waals surface area contributed by atoms with Crippen molar-refractivity contribution in [1.29, 1.82) is 0 Å². The molecule has 0 spiro atoms. The number of benzene rings is 2. The Morgan fingerprint density at radius 1 is 1.19 bits per heavy atom. The van der Waals surface area contributed by atoms with E-state index in [0.717, 1.165) is 17.3 Å². The van der Waals surface area contributed by atoms with Crippen molar-refractivity contribution in [3.05, 3.63) is 83.1 Å². The average Bonchev–Trinajstić information content (AvgIpc) is 2.78. The lowest BCUT2D eigenvalue weighted by molar-refractivity contribution is 0.0600. The number of carbonyl (C=O) groups is 1. The van der Waals surface area contributed by atoms with Crippen LogP contribution >= 0.6 is 0 Å². The smallest absolute Gasteiger partial charge is 0.337 e. The standard InChI is InChI=1S/C24H23F2N3O3/c1-15(17-3-5-18(6-4-17)24(30)31-2)28-23-22-21(7-8-27-23)32-10-9-29(22)14-16-11-19(25)13-20(26)12-16/h3-8,11-13,15H,9-10,14H2,1-2H3,(H,27,28). The second-order valence-electron chi connectivity index (χ2n) is 7.53. The number of esters is 1. The highest BCUT2D eigenvalue weighted by molar-refractivity contribution is 5.89. The highest BCUT2D eigenvalue weighted by atomic mass is 19.1. The fourth-order valence-electron chi connectivity index (χ4n) is 3.74. The Bertz CT molecular complexity index is 1100. The number of hydrogen-bond acceptors (Lipinski definition) is 6. The summed E-state index contributed by atoms with van der Waals surface area (Å²) in [5, 5.41) is 3.39. The zero-order chi connectivity index (χ0) is 22.7. The first-order chi connectivity index (χ1) is 15.4. The van der Waals surface area contributed by atoms with Crippen LogP contribution < -0.4 is 15.0 Å². The topological polar surface area (TPSA) is 63.7 Å². The van der Waals surface area contributed by atoms with Crippen LogP contribution in [0.1, 0.15) is 34.5 Å². The first-order valence-electron chi connectivity index (χ1n) is 10.2. The Morgan fingerprint density at radius 3 is 2.59 bits per heavy atom. The van der Waals surface area contributed by atoms with Crippen molar-refractivity contribution in [2.75, 3.05) is 30.5 Å². The minimum atomic E-state index is -0.609. The van der Waals surface area contributed by atoms with Crippen molar-refractivity contribution in [1.82, 2.24) is 4.98 Å². The molecular formula is C24H23F2N3O3. The third kappa shape index (κ3) is 4.64. The van der Waals surface area contributed by atoms with E-state index in [1.807, 2.05) is 24.0 Å². The Balaban J connectivity index is 1.58. The van der Waals surface area contributed by atoms with Gasteiger partial charge in [-0.15, -0.1) is 0 Å². The van der Waals surface area contributed by atoms with Crippen molar-refractivity contribution in [2.24, 2.45) is 0 Å². The summed E-state index contributed by atoms with van der Waals surface area (Å²) < 4.78 is 37.9. The van der Waals surface area contributed by atoms with Crippen LogP contribution in [0, 0.1) is 11.6 Å². The summed E-state index contributed by atoms with van der Waals surface area (Å²) >= 11 is 0. The number of methoxy groups -OCH3 is 1. The summed E-state index contributed by atoms with van der Waals surface area (Å²) in [6, 6.07) is 12.3. The molecule has 8 heteroatoms. The van der Waals surface area contributed by atoms with Gasteiger partial charge in [0.15, 0.2) is 5.82 Å². The molecule has 4 rings (SSSR count). The molecule has 3 aromatic rings. The van der Waals surface area contributed by atoms with Crippen LogP contribution in [0.4, 0.5) is 20.3 Å². The number of anilines is 2. The molecule has 0 radical (unpaired) electrons. The van der Waals surface area contributed by atoms with Gasteiger partial charge in [-0.05, 0) is 42.3 Å². The van der Waals surface area contributed by atoms with Crippen molar-refractivity contribution in [3.8, 4) is 5.75 Å². The van der Waals surface area contributed by atoms with Gasteiger partial charge in [0.2, 0.25) is 0 Å². The van der Waals surface area contributed by atoms with Gasteiger partial charge in [0.1, 0.15) is 29.7 Å². The Hall–Kier alpha value is -3.68. The zero-order valence-electron chi connectivity index (χ0n) is 17.8. The van der Waals surface area contributed by atoms with Gasteiger partial charge in [-0.3, -0.25) is 0 Å². The van der Waals surface area contributed by atoms with E-state index < -0.39 is 17.6 Å². The lowest BCUT2D eigenvalue weighted by Gasteiger charge is -2.33. The van der Waals surface area contributed by atoms with Crippen LogP contribution in [0.5, 0.6) is 5.75 Å². The molecule has 0 saturated heterocycles. The Kier molecular flexibility index (Phi) is 6.20. The number of hydrogen-bond donors (Lipinski definition) is 1. The van der Waals surface area contributed by atoms with E-state index in [-0.39, 0.29) is 6.04 Å². The molecular weight excluding hydrogens is 416 g/mol. The summed E-state index contributed by atoms with van der Waals surface area (Å²) in [6.07, 6.45) is 1.65. The number of halogens is 2. The second-order valence-corrected chi connectivity index (χ2v) is 7.53. The maximum absolute atomic E-state index is 13.7. The molecule has 6 nitrogen and oxygen atoms in total. The lowest BCUT2D eigenvalue weighted by Crippen LogP contribution is -2.33. The molecule has 1 unspecified atom stereocenters. The van der Waals surface area contributed by atoms with E-state index in [0.29, 0.717) is 42.4 Å². The fraction of sp³-hybridized carbons (Fsp3) is 0.250.